The van der Waals surface area contributed by atoms with E-state index in [4.69, 9.17) is 18.0 Å². The number of sulfonamides is 1. The molecule has 6 nitrogen and oxygen atoms in total. The Hall–Kier alpha value is -0.730. The van der Waals surface area contributed by atoms with Crippen LogP contribution in [-0.4, -0.2) is 37.8 Å². The number of carbonyl (C=O) groups is 1. The Morgan fingerprint density at radius 2 is 2.06 bits per heavy atom. The molecule has 3 N–H and O–H groups in total. The number of esters is 1. The molecule has 0 rings (SSSR count). The van der Waals surface area contributed by atoms with E-state index < -0.39 is 16.0 Å². The van der Waals surface area contributed by atoms with Gasteiger partial charge in [0.2, 0.25) is 10.0 Å². The van der Waals surface area contributed by atoms with Gasteiger partial charge in [0.15, 0.2) is 0 Å². The van der Waals surface area contributed by atoms with Crippen LogP contribution in [0.3, 0.4) is 0 Å². The zero-order valence-electron chi connectivity index (χ0n) is 10.6. The van der Waals surface area contributed by atoms with Gasteiger partial charge >= 0.3 is 5.97 Å². The summed E-state index contributed by atoms with van der Waals surface area (Å²) < 4.78 is 30.5. The molecule has 0 aromatic heterocycles. The number of thiocarbonyl (C=S) groups is 1. The van der Waals surface area contributed by atoms with Gasteiger partial charge in [-0.15, -0.1) is 0 Å². The number of ether oxygens (including phenoxy) is 1. The van der Waals surface area contributed by atoms with Gasteiger partial charge < -0.3 is 10.5 Å². The van der Waals surface area contributed by atoms with Crippen LogP contribution in [0.2, 0.25) is 0 Å². The first-order chi connectivity index (χ1) is 8.30. The normalized spacial score (nSPS) is 13.0. The van der Waals surface area contributed by atoms with Gasteiger partial charge in [-0.1, -0.05) is 19.1 Å². The van der Waals surface area contributed by atoms with Crippen molar-refractivity contribution in [3.8, 4) is 0 Å². The van der Waals surface area contributed by atoms with Gasteiger partial charge in [-0.3, -0.25) is 4.79 Å². The molecular formula is C10H20N2O4S2. The minimum absolute atomic E-state index is 0.160. The number of nitrogens with one attached hydrogen (secondary N) is 1. The standard InChI is InChI=1S/C10H20N2O4S2/c1-3-8(7-9(11)17)12-18(14,15)6-5-10(13)16-4-2/h8,12H,3-7H2,1-2H3,(H2,11,17). The predicted octanol–water partition coefficient (Wildman–Crippen LogP) is 0.314. The lowest BCUT2D eigenvalue weighted by atomic mass is 10.2. The molecule has 8 heteroatoms. The molecule has 1 atom stereocenters. The summed E-state index contributed by atoms with van der Waals surface area (Å²) in [6, 6.07) is -0.324. The molecular weight excluding hydrogens is 276 g/mol. The van der Waals surface area contributed by atoms with E-state index in [0.717, 1.165) is 0 Å². The molecule has 0 saturated carbocycles. The van der Waals surface area contributed by atoms with Gasteiger partial charge in [0, 0.05) is 12.5 Å². The Balaban J connectivity index is 4.28. The zero-order chi connectivity index (χ0) is 14.2. The third-order valence-corrected chi connectivity index (χ3v) is 3.77. The summed E-state index contributed by atoms with van der Waals surface area (Å²) >= 11 is 4.74. The zero-order valence-corrected chi connectivity index (χ0v) is 12.3. The molecule has 0 heterocycles. The van der Waals surface area contributed by atoms with Gasteiger partial charge in [-0.25, -0.2) is 13.1 Å². The van der Waals surface area contributed by atoms with Gasteiger partial charge in [-0.2, -0.15) is 0 Å². The summed E-state index contributed by atoms with van der Waals surface area (Å²) in [5, 5.41) is 0. The van der Waals surface area contributed by atoms with Crippen LogP contribution in [-0.2, 0) is 19.6 Å². The molecule has 106 valence electrons. The molecule has 0 aromatic carbocycles. The molecule has 1 unspecified atom stereocenters. The molecule has 0 spiro atoms. The molecule has 0 radical (unpaired) electrons. The Labute approximate surface area is 113 Å². The van der Waals surface area contributed by atoms with Crippen molar-refractivity contribution >= 4 is 33.2 Å². The smallest absolute Gasteiger partial charge is 0.306 e. The monoisotopic (exact) mass is 296 g/mol. The maximum Gasteiger partial charge on any atom is 0.306 e. The number of carbonyl (C=O) groups excluding carboxylic acids is 1. The third-order valence-electron chi connectivity index (χ3n) is 2.17. The first-order valence-corrected chi connectivity index (χ1v) is 7.80. The highest BCUT2D eigenvalue weighted by Crippen LogP contribution is 2.02. The van der Waals surface area contributed by atoms with Crippen molar-refractivity contribution in [3.05, 3.63) is 0 Å². The van der Waals surface area contributed by atoms with E-state index in [-0.39, 0.29) is 29.8 Å². The summed E-state index contributed by atoms with van der Waals surface area (Å²) in [6.07, 6.45) is 0.729. The molecule has 0 aliphatic rings. The number of nitrogens with two attached hydrogens (primary N) is 1. The molecule has 0 aromatic rings. The average Bonchev–Trinajstić information content (AvgIpc) is 2.25. The summed E-state index contributed by atoms with van der Waals surface area (Å²) in [7, 11) is -3.52. The summed E-state index contributed by atoms with van der Waals surface area (Å²) in [6.45, 7) is 3.74. The van der Waals surface area contributed by atoms with E-state index in [1.165, 1.54) is 0 Å². The minimum Gasteiger partial charge on any atom is -0.466 e. The average molecular weight is 296 g/mol. The lowest BCUT2D eigenvalue weighted by Gasteiger charge is -2.16. The summed E-state index contributed by atoms with van der Waals surface area (Å²) in [5.41, 5.74) is 5.37. The second kappa shape index (κ2) is 8.39. The van der Waals surface area contributed by atoms with Crippen molar-refractivity contribution in [2.45, 2.75) is 39.2 Å². The fourth-order valence-corrected chi connectivity index (χ4v) is 2.79. The van der Waals surface area contributed by atoms with Gasteiger partial charge in [-0.05, 0) is 13.3 Å². The van der Waals surface area contributed by atoms with Crippen molar-refractivity contribution in [2.24, 2.45) is 5.73 Å². The van der Waals surface area contributed by atoms with Crippen LogP contribution in [0.15, 0.2) is 0 Å². The SMILES string of the molecule is CCOC(=O)CCS(=O)(=O)NC(CC)CC(N)=S. The minimum atomic E-state index is -3.52. The maximum atomic E-state index is 11.7. The van der Waals surface area contributed by atoms with E-state index >= 15 is 0 Å². The predicted molar refractivity (Wildman–Crippen MR) is 73.7 cm³/mol. The van der Waals surface area contributed by atoms with E-state index in [1.54, 1.807) is 6.92 Å². The van der Waals surface area contributed by atoms with Crippen LogP contribution >= 0.6 is 12.2 Å². The molecule has 18 heavy (non-hydrogen) atoms. The van der Waals surface area contributed by atoms with Crippen LogP contribution in [0.25, 0.3) is 0 Å². The Morgan fingerprint density at radius 3 is 2.50 bits per heavy atom. The lowest BCUT2D eigenvalue weighted by molar-refractivity contribution is -0.142. The lowest BCUT2D eigenvalue weighted by Crippen LogP contribution is -2.38. The highest BCUT2D eigenvalue weighted by molar-refractivity contribution is 7.89. The van der Waals surface area contributed by atoms with Crippen LogP contribution in [0.1, 0.15) is 33.1 Å². The fourth-order valence-electron chi connectivity index (χ4n) is 1.28. The molecule has 0 aliphatic carbocycles. The quantitative estimate of drug-likeness (QED) is 0.469. The Bertz CT molecular complexity index is 381. The van der Waals surface area contributed by atoms with Crippen molar-refractivity contribution in [1.82, 2.24) is 4.72 Å². The van der Waals surface area contributed by atoms with Crippen LogP contribution < -0.4 is 10.5 Å². The van der Waals surface area contributed by atoms with Crippen molar-refractivity contribution < 1.29 is 17.9 Å². The van der Waals surface area contributed by atoms with Gasteiger partial charge in [0.25, 0.3) is 0 Å². The molecule has 0 saturated heterocycles. The van der Waals surface area contributed by atoms with E-state index in [1.807, 2.05) is 6.92 Å². The third kappa shape index (κ3) is 8.37. The number of hydrogen-bond donors (Lipinski definition) is 2. The molecule has 0 fully saturated rings. The van der Waals surface area contributed by atoms with Crippen LogP contribution in [0.5, 0.6) is 0 Å². The highest BCUT2D eigenvalue weighted by atomic mass is 32.2. The van der Waals surface area contributed by atoms with Crippen LogP contribution in [0.4, 0.5) is 0 Å². The van der Waals surface area contributed by atoms with Crippen molar-refractivity contribution in [3.63, 3.8) is 0 Å². The van der Waals surface area contributed by atoms with Crippen molar-refractivity contribution in [2.75, 3.05) is 12.4 Å². The Kier molecular flexibility index (Phi) is 8.05. The first-order valence-electron chi connectivity index (χ1n) is 5.74. The van der Waals surface area contributed by atoms with Crippen LogP contribution in [0, 0.1) is 0 Å². The molecule has 0 aliphatic heterocycles. The summed E-state index contributed by atoms with van der Waals surface area (Å²) in [5.74, 6) is -0.815. The van der Waals surface area contributed by atoms with E-state index in [2.05, 4.69) is 9.46 Å². The fraction of sp³-hybridized carbons (Fsp3) is 0.800. The molecule has 0 amide bonds. The number of hydrogen-bond acceptors (Lipinski definition) is 5. The van der Waals surface area contributed by atoms with E-state index in [9.17, 15) is 13.2 Å². The summed E-state index contributed by atoms with van der Waals surface area (Å²) in [4.78, 5) is 11.3. The topological polar surface area (TPSA) is 98.5 Å². The highest BCUT2D eigenvalue weighted by Gasteiger charge is 2.18. The number of rotatable bonds is 9. The maximum absolute atomic E-state index is 11.7. The second-order valence-electron chi connectivity index (χ2n) is 3.77. The Morgan fingerprint density at radius 1 is 1.44 bits per heavy atom. The van der Waals surface area contributed by atoms with Gasteiger partial charge in [0.1, 0.15) is 0 Å². The second-order valence-corrected chi connectivity index (χ2v) is 6.17. The van der Waals surface area contributed by atoms with E-state index in [0.29, 0.717) is 12.8 Å². The van der Waals surface area contributed by atoms with Gasteiger partial charge in [0.05, 0.1) is 23.8 Å². The van der Waals surface area contributed by atoms with Crippen molar-refractivity contribution in [1.29, 1.82) is 0 Å². The largest absolute Gasteiger partial charge is 0.466 e. The first kappa shape index (κ1) is 17.3. The molecule has 0 bridgehead atoms.